The summed E-state index contributed by atoms with van der Waals surface area (Å²) in [5.74, 6) is 2.93. The molecule has 0 aliphatic carbocycles. The number of carbonyl (C=O) groups is 1. The van der Waals surface area contributed by atoms with Crippen LogP contribution in [-0.4, -0.2) is 39.8 Å². The van der Waals surface area contributed by atoms with Crippen LogP contribution in [0.5, 0.6) is 0 Å². The molecule has 19 heavy (non-hydrogen) atoms. The molecule has 0 aromatic carbocycles. The minimum atomic E-state index is -0.476. The molecule has 0 amide bonds. The van der Waals surface area contributed by atoms with Crippen molar-refractivity contribution in [1.82, 2.24) is 9.97 Å². The van der Waals surface area contributed by atoms with Gasteiger partial charge in [0.15, 0.2) is 5.16 Å². The number of ether oxygens (including phenoxy) is 1. The van der Waals surface area contributed by atoms with E-state index in [-0.39, 0.29) is 11.4 Å². The SMILES string of the molecule is CCOC(=O)c1cnc(SCCCSCC)nc1N. The second-order valence-electron chi connectivity index (χ2n) is 3.57. The standard InChI is InChI=1S/C12H19N3O2S2/c1-3-17-11(16)9-8-14-12(15-10(9)13)19-7-5-6-18-4-2/h8H,3-7H2,1-2H3,(H2,13,14,15). The second kappa shape index (κ2) is 9.03. The van der Waals surface area contributed by atoms with E-state index in [2.05, 4.69) is 16.9 Å². The molecule has 0 saturated heterocycles. The lowest BCUT2D eigenvalue weighted by molar-refractivity contribution is 0.0526. The Balaban J connectivity index is 2.49. The van der Waals surface area contributed by atoms with Crippen molar-refractivity contribution in [3.8, 4) is 0 Å². The summed E-state index contributed by atoms with van der Waals surface area (Å²) in [6.07, 6.45) is 2.54. The van der Waals surface area contributed by atoms with E-state index in [0.29, 0.717) is 11.8 Å². The third-order valence-electron chi connectivity index (χ3n) is 2.16. The van der Waals surface area contributed by atoms with Crippen LogP contribution in [0.15, 0.2) is 11.4 Å². The lowest BCUT2D eigenvalue weighted by atomic mass is 10.3. The summed E-state index contributed by atoms with van der Waals surface area (Å²) >= 11 is 3.47. The van der Waals surface area contributed by atoms with Crippen LogP contribution in [0.4, 0.5) is 5.82 Å². The largest absolute Gasteiger partial charge is 0.462 e. The monoisotopic (exact) mass is 301 g/mol. The van der Waals surface area contributed by atoms with Gasteiger partial charge >= 0.3 is 5.97 Å². The minimum Gasteiger partial charge on any atom is -0.462 e. The lowest BCUT2D eigenvalue weighted by Gasteiger charge is -2.05. The Hall–Kier alpha value is -0.950. The number of thioether (sulfide) groups is 2. The van der Waals surface area contributed by atoms with E-state index in [1.165, 1.54) is 6.20 Å². The molecule has 2 N–H and O–H groups in total. The quantitative estimate of drug-likeness (QED) is 0.342. The highest BCUT2D eigenvalue weighted by molar-refractivity contribution is 8.00. The molecule has 0 bridgehead atoms. The van der Waals surface area contributed by atoms with Crippen molar-refractivity contribution >= 4 is 35.3 Å². The molecular weight excluding hydrogens is 282 g/mol. The first-order valence-corrected chi connectivity index (χ1v) is 8.33. The van der Waals surface area contributed by atoms with Crippen LogP contribution >= 0.6 is 23.5 Å². The summed E-state index contributed by atoms with van der Waals surface area (Å²) in [6, 6.07) is 0. The number of aromatic nitrogens is 2. The van der Waals surface area contributed by atoms with Crippen LogP contribution in [0, 0.1) is 0 Å². The molecule has 0 unspecified atom stereocenters. The van der Waals surface area contributed by atoms with Crippen LogP contribution < -0.4 is 5.73 Å². The van der Waals surface area contributed by atoms with E-state index in [4.69, 9.17) is 10.5 Å². The van der Waals surface area contributed by atoms with E-state index in [0.717, 1.165) is 23.7 Å². The normalized spacial score (nSPS) is 10.4. The molecule has 0 aliphatic heterocycles. The summed E-state index contributed by atoms with van der Waals surface area (Å²) in [5.41, 5.74) is 5.96. The summed E-state index contributed by atoms with van der Waals surface area (Å²) in [4.78, 5) is 19.8. The van der Waals surface area contributed by atoms with Crippen molar-refractivity contribution in [2.24, 2.45) is 0 Å². The molecule has 1 aromatic rings. The molecule has 0 spiro atoms. The summed E-state index contributed by atoms with van der Waals surface area (Å²) < 4.78 is 4.87. The number of hydrogen-bond acceptors (Lipinski definition) is 7. The molecule has 0 radical (unpaired) electrons. The van der Waals surface area contributed by atoms with Crippen molar-refractivity contribution in [3.05, 3.63) is 11.8 Å². The number of rotatable bonds is 8. The van der Waals surface area contributed by atoms with E-state index >= 15 is 0 Å². The molecular formula is C12H19N3O2S2. The molecule has 1 rings (SSSR count). The van der Waals surface area contributed by atoms with Crippen molar-refractivity contribution in [1.29, 1.82) is 0 Å². The Labute approximate surface area is 122 Å². The molecule has 1 aromatic heterocycles. The van der Waals surface area contributed by atoms with E-state index in [9.17, 15) is 4.79 Å². The third-order valence-corrected chi connectivity index (χ3v) is 4.09. The van der Waals surface area contributed by atoms with Crippen LogP contribution in [0.2, 0.25) is 0 Å². The molecule has 5 nitrogen and oxygen atoms in total. The molecule has 7 heteroatoms. The number of nitrogen functional groups attached to an aromatic ring is 1. The Morgan fingerprint density at radius 2 is 2.21 bits per heavy atom. The summed E-state index contributed by atoms with van der Waals surface area (Å²) in [6.45, 7) is 4.20. The fourth-order valence-corrected chi connectivity index (χ4v) is 2.86. The van der Waals surface area contributed by atoms with Crippen LogP contribution in [-0.2, 0) is 4.74 Å². The van der Waals surface area contributed by atoms with E-state index < -0.39 is 5.97 Å². The second-order valence-corrected chi connectivity index (χ2v) is 6.03. The molecule has 0 saturated carbocycles. The Morgan fingerprint density at radius 3 is 2.84 bits per heavy atom. The number of hydrogen-bond donors (Lipinski definition) is 1. The molecule has 0 aliphatic rings. The van der Waals surface area contributed by atoms with Gasteiger partial charge in [0.1, 0.15) is 11.4 Å². The first kappa shape index (κ1) is 16.1. The van der Waals surface area contributed by atoms with Crippen LogP contribution in [0.1, 0.15) is 30.6 Å². The zero-order chi connectivity index (χ0) is 14.1. The van der Waals surface area contributed by atoms with Crippen molar-refractivity contribution in [2.75, 3.05) is 29.6 Å². The highest BCUT2D eigenvalue weighted by Gasteiger charge is 2.13. The molecule has 0 atom stereocenters. The zero-order valence-electron chi connectivity index (χ0n) is 11.2. The number of esters is 1. The third kappa shape index (κ3) is 5.69. The maximum atomic E-state index is 11.5. The zero-order valence-corrected chi connectivity index (χ0v) is 12.9. The van der Waals surface area contributed by atoms with Gasteiger partial charge in [0.2, 0.25) is 0 Å². The van der Waals surface area contributed by atoms with Gasteiger partial charge in [0.25, 0.3) is 0 Å². The van der Waals surface area contributed by atoms with Crippen LogP contribution in [0.25, 0.3) is 0 Å². The van der Waals surface area contributed by atoms with Gasteiger partial charge in [-0.05, 0) is 24.9 Å². The summed E-state index contributed by atoms with van der Waals surface area (Å²) in [7, 11) is 0. The first-order valence-electron chi connectivity index (χ1n) is 6.19. The maximum absolute atomic E-state index is 11.5. The molecule has 0 fully saturated rings. The number of carbonyl (C=O) groups excluding carboxylic acids is 1. The summed E-state index contributed by atoms with van der Waals surface area (Å²) in [5, 5.41) is 0.604. The van der Waals surface area contributed by atoms with Crippen molar-refractivity contribution < 1.29 is 9.53 Å². The maximum Gasteiger partial charge on any atom is 0.343 e. The predicted octanol–water partition coefficient (Wildman–Crippen LogP) is 2.47. The Bertz CT molecular complexity index is 416. The van der Waals surface area contributed by atoms with Gasteiger partial charge in [-0.25, -0.2) is 14.8 Å². The van der Waals surface area contributed by atoms with Crippen molar-refractivity contribution in [2.45, 2.75) is 25.4 Å². The lowest BCUT2D eigenvalue weighted by Crippen LogP contribution is -2.10. The van der Waals surface area contributed by atoms with Crippen molar-refractivity contribution in [3.63, 3.8) is 0 Å². The predicted molar refractivity (Wildman–Crippen MR) is 80.7 cm³/mol. The van der Waals surface area contributed by atoms with E-state index in [1.807, 2.05) is 11.8 Å². The Kier molecular flexibility index (Phi) is 7.66. The highest BCUT2D eigenvalue weighted by Crippen LogP contribution is 2.18. The highest BCUT2D eigenvalue weighted by atomic mass is 32.2. The van der Waals surface area contributed by atoms with Gasteiger partial charge in [-0.15, -0.1) is 0 Å². The van der Waals surface area contributed by atoms with Gasteiger partial charge in [-0.3, -0.25) is 0 Å². The number of anilines is 1. The van der Waals surface area contributed by atoms with E-state index in [1.54, 1.807) is 18.7 Å². The minimum absolute atomic E-state index is 0.180. The number of nitrogens with two attached hydrogens (primary N) is 1. The first-order chi connectivity index (χ1) is 9.19. The van der Waals surface area contributed by atoms with Gasteiger partial charge < -0.3 is 10.5 Å². The number of nitrogens with zero attached hydrogens (tertiary/aromatic N) is 2. The molecule has 1 heterocycles. The van der Waals surface area contributed by atoms with Gasteiger partial charge in [-0.2, -0.15) is 11.8 Å². The van der Waals surface area contributed by atoms with Gasteiger partial charge in [0, 0.05) is 11.9 Å². The average molecular weight is 301 g/mol. The fraction of sp³-hybridized carbons (Fsp3) is 0.583. The topological polar surface area (TPSA) is 78.1 Å². The smallest absolute Gasteiger partial charge is 0.343 e. The van der Waals surface area contributed by atoms with Gasteiger partial charge in [-0.1, -0.05) is 18.7 Å². The van der Waals surface area contributed by atoms with Gasteiger partial charge in [0.05, 0.1) is 6.61 Å². The van der Waals surface area contributed by atoms with Crippen LogP contribution in [0.3, 0.4) is 0 Å². The Morgan fingerprint density at radius 1 is 1.42 bits per heavy atom. The fourth-order valence-electron chi connectivity index (χ4n) is 1.28. The molecule has 106 valence electrons. The average Bonchev–Trinajstić information content (AvgIpc) is 2.39.